The molecule has 33 heavy (non-hydrogen) atoms. The van der Waals surface area contributed by atoms with Gasteiger partial charge < -0.3 is 5.32 Å². The molecule has 0 bridgehead atoms. The highest BCUT2D eigenvalue weighted by atomic mass is 19.1. The Balaban J connectivity index is 1.39. The van der Waals surface area contributed by atoms with Gasteiger partial charge in [0, 0.05) is 18.5 Å². The molecule has 1 fully saturated rings. The summed E-state index contributed by atoms with van der Waals surface area (Å²) in [6.45, 7) is 3.31. The molecule has 1 saturated heterocycles. The van der Waals surface area contributed by atoms with Gasteiger partial charge >= 0.3 is 0 Å². The highest BCUT2D eigenvalue weighted by Crippen LogP contribution is 2.28. The lowest BCUT2D eigenvalue weighted by molar-refractivity contribution is 0.0947. The molecule has 1 amide bonds. The minimum atomic E-state index is -0.243. The SMILES string of the molecule is O=C(NCc1ccccc1)c1n[nH]c2ccc(-c3cc(F)cc(CN4CCCCC4)c3)cc12. The first kappa shape index (κ1) is 21.3. The highest BCUT2D eigenvalue weighted by molar-refractivity contribution is 6.05. The number of hydrogen-bond acceptors (Lipinski definition) is 3. The highest BCUT2D eigenvalue weighted by Gasteiger charge is 2.16. The number of rotatable bonds is 6. The van der Waals surface area contributed by atoms with Crippen LogP contribution in [0.3, 0.4) is 0 Å². The summed E-state index contributed by atoms with van der Waals surface area (Å²) in [6.07, 6.45) is 3.68. The fourth-order valence-electron chi connectivity index (χ4n) is 4.51. The topological polar surface area (TPSA) is 61.0 Å². The second-order valence-corrected chi connectivity index (χ2v) is 8.69. The molecule has 0 spiro atoms. The number of amides is 1. The number of halogens is 1. The molecule has 1 aromatic heterocycles. The minimum Gasteiger partial charge on any atom is -0.347 e. The summed E-state index contributed by atoms with van der Waals surface area (Å²) in [4.78, 5) is 15.2. The molecule has 6 heteroatoms. The Kier molecular flexibility index (Phi) is 6.17. The number of fused-ring (bicyclic) bond motifs is 1. The average molecular weight is 443 g/mol. The van der Waals surface area contributed by atoms with Crippen LogP contribution in [0.15, 0.2) is 66.7 Å². The van der Waals surface area contributed by atoms with E-state index in [1.165, 1.54) is 19.3 Å². The van der Waals surface area contributed by atoms with Gasteiger partial charge in [-0.1, -0.05) is 42.8 Å². The first-order valence-corrected chi connectivity index (χ1v) is 11.5. The van der Waals surface area contributed by atoms with Gasteiger partial charge in [0.15, 0.2) is 5.69 Å². The lowest BCUT2D eigenvalue weighted by Gasteiger charge is -2.26. The second-order valence-electron chi connectivity index (χ2n) is 8.69. The minimum absolute atomic E-state index is 0.243. The zero-order valence-corrected chi connectivity index (χ0v) is 18.5. The first-order chi connectivity index (χ1) is 16.2. The van der Waals surface area contributed by atoms with Gasteiger partial charge in [0.05, 0.1) is 5.52 Å². The van der Waals surface area contributed by atoms with Crippen molar-refractivity contribution in [1.29, 1.82) is 0 Å². The molecule has 2 heterocycles. The molecule has 5 rings (SSSR count). The van der Waals surface area contributed by atoms with Crippen molar-refractivity contribution in [2.45, 2.75) is 32.4 Å². The van der Waals surface area contributed by atoms with Crippen molar-refractivity contribution in [2.24, 2.45) is 0 Å². The third kappa shape index (κ3) is 4.96. The Morgan fingerprint density at radius 1 is 0.939 bits per heavy atom. The van der Waals surface area contributed by atoms with Crippen molar-refractivity contribution in [1.82, 2.24) is 20.4 Å². The van der Waals surface area contributed by atoms with Gasteiger partial charge in [-0.05, 0) is 78.5 Å². The number of likely N-dealkylation sites (tertiary alicyclic amines) is 1. The summed E-state index contributed by atoms with van der Waals surface area (Å²) < 4.78 is 14.5. The first-order valence-electron chi connectivity index (χ1n) is 11.5. The average Bonchev–Trinajstić information content (AvgIpc) is 3.27. The number of aromatic amines is 1. The van der Waals surface area contributed by atoms with Crippen LogP contribution in [0.2, 0.25) is 0 Å². The third-order valence-corrected chi connectivity index (χ3v) is 6.22. The molecule has 3 aromatic carbocycles. The normalized spacial score (nSPS) is 14.5. The van der Waals surface area contributed by atoms with E-state index in [0.717, 1.165) is 52.8 Å². The van der Waals surface area contributed by atoms with Crippen LogP contribution in [0.25, 0.3) is 22.0 Å². The van der Waals surface area contributed by atoms with Crippen molar-refractivity contribution >= 4 is 16.8 Å². The molecule has 1 aliphatic rings. The van der Waals surface area contributed by atoms with Crippen molar-refractivity contribution in [2.75, 3.05) is 13.1 Å². The van der Waals surface area contributed by atoms with Gasteiger partial charge in [-0.15, -0.1) is 0 Å². The molecule has 5 nitrogen and oxygen atoms in total. The van der Waals surface area contributed by atoms with E-state index < -0.39 is 0 Å². The van der Waals surface area contributed by atoms with Crippen LogP contribution >= 0.6 is 0 Å². The monoisotopic (exact) mass is 442 g/mol. The fourth-order valence-corrected chi connectivity index (χ4v) is 4.51. The van der Waals surface area contributed by atoms with E-state index in [9.17, 15) is 9.18 Å². The van der Waals surface area contributed by atoms with Gasteiger partial charge in [0.2, 0.25) is 0 Å². The van der Waals surface area contributed by atoms with Crippen LogP contribution in [0.5, 0.6) is 0 Å². The number of aromatic nitrogens is 2. The number of benzene rings is 3. The number of H-pyrrole nitrogens is 1. The van der Waals surface area contributed by atoms with Gasteiger partial charge in [-0.25, -0.2) is 4.39 Å². The number of nitrogens with one attached hydrogen (secondary N) is 2. The van der Waals surface area contributed by atoms with Gasteiger partial charge in [-0.2, -0.15) is 5.10 Å². The Morgan fingerprint density at radius 2 is 1.76 bits per heavy atom. The molecule has 0 unspecified atom stereocenters. The predicted molar refractivity (Wildman–Crippen MR) is 128 cm³/mol. The van der Waals surface area contributed by atoms with Crippen LogP contribution in [0.1, 0.15) is 40.9 Å². The number of carbonyl (C=O) groups is 1. The van der Waals surface area contributed by atoms with E-state index >= 15 is 0 Å². The maximum absolute atomic E-state index is 14.5. The van der Waals surface area contributed by atoms with E-state index in [4.69, 9.17) is 0 Å². The Hall–Kier alpha value is -3.51. The Bertz CT molecular complexity index is 1260. The zero-order chi connectivity index (χ0) is 22.6. The molecule has 2 N–H and O–H groups in total. The standard InChI is InChI=1S/C27H27FN4O/c28-23-14-20(18-32-11-5-2-6-12-32)13-22(15-23)21-9-10-25-24(16-21)26(31-30-25)27(33)29-17-19-7-3-1-4-8-19/h1,3-4,7-10,13-16H,2,5-6,11-12,17-18H2,(H,29,33)(H,30,31). The molecule has 1 aliphatic heterocycles. The molecule has 4 aromatic rings. The van der Waals surface area contributed by atoms with Crippen LogP contribution < -0.4 is 5.32 Å². The molecule has 168 valence electrons. The van der Waals surface area contributed by atoms with E-state index in [2.05, 4.69) is 20.4 Å². The molecular formula is C27H27FN4O. The summed E-state index contributed by atoms with van der Waals surface area (Å²) in [5.74, 6) is -0.486. The van der Waals surface area contributed by atoms with Gasteiger partial charge in [-0.3, -0.25) is 14.8 Å². The number of hydrogen-bond donors (Lipinski definition) is 2. The Morgan fingerprint density at radius 3 is 2.58 bits per heavy atom. The number of nitrogens with zero attached hydrogens (tertiary/aromatic N) is 2. The summed E-state index contributed by atoms with van der Waals surface area (Å²) in [7, 11) is 0. The third-order valence-electron chi connectivity index (χ3n) is 6.22. The van der Waals surface area contributed by atoms with Gasteiger partial charge in [0.1, 0.15) is 5.82 Å². The molecule has 0 saturated carbocycles. The van der Waals surface area contributed by atoms with Crippen LogP contribution in [-0.4, -0.2) is 34.1 Å². The smallest absolute Gasteiger partial charge is 0.272 e. The molecular weight excluding hydrogens is 415 g/mol. The van der Waals surface area contributed by atoms with E-state index in [0.29, 0.717) is 12.2 Å². The van der Waals surface area contributed by atoms with Crippen molar-refractivity contribution in [3.63, 3.8) is 0 Å². The summed E-state index contributed by atoms with van der Waals surface area (Å²) in [5, 5.41) is 10.8. The Labute approximate surface area is 192 Å². The van der Waals surface area contributed by atoms with Gasteiger partial charge in [0.25, 0.3) is 5.91 Å². The quantitative estimate of drug-likeness (QED) is 0.427. The maximum atomic E-state index is 14.5. The van der Waals surface area contributed by atoms with Crippen LogP contribution in [0, 0.1) is 5.82 Å². The zero-order valence-electron chi connectivity index (χ0n) is 18.5. The lowest BCUT2D eigenvalue weighted by Crippen LogP contribution is -2.29. The van der Waals surface area contributed by atoms with E-state index in [1.54, 1.807) is 12.1 Å². The van der Waals surface area contributed by atoms with Crippen molar-refractivity contribution in [3.8, 4) is 11.1 Å². The van der Waals surface area contributed by atoms with E-state index in [-0.39, 0.29) is 11.7 Å². The fraction of sp³-hybridized carbons (Fsp3) is 0.259. The molecule has 0 atom stereocenters. The lowest BCUT2D eigenvalue weighted by atomic mass is 10.00. The van der Waals surface area contributed by atoms with E-state index in [1.807, 2.05) is 54.6 Å². The summed E-state index contributed by atoms with van der Waals surface area (Å²) in [6, 6.07) is 20.7. The number of piperidine rings is 1. The summed E-state index contributed by atoms with van der Waals surface area (Å²) in [5.41, 5.74) is 4.77. The molecule has 0 radical (unpaired) electrons. The van der Waals surface area contributed by atoms with Crippen LogP contribution in [0.4, 0.5) is 4.39 Å². The van der Waals surface area contributed by atoms with Crippen LogP contribution in [-0.2, 0) is 13.1 Å². The molecule has 0 aliphatic carbocycles. The van der Waals surface area contributed by atoms with Crippen molar-refractivity contribution in [3.05, 3.63) is 89.4 Å². The summed E-state index contributed by atoms with van der Waals surface area (Å²) >= 11 is 0. The largest absolute Gasteiger partial charge is 0.347 e. The van der Waals surface area contributed by atoms with Crippen molar-refractivity contribution < 1.29 is 9.18 Å². The predicted octanol–water partition coefficient (Wildman–Crippen LogP) is 5.28. The number of carbonyl (C=O) groups excluding carboxylic acids is 1. The maximum Gasteiger partial charge on any atom is 0.272 e. The second kappa shape index (κ2) is 9.55.